The van der Waals surface area contributed by atoms with Crippen molar-refractivity contribution in [3.05, 3.63) is 65.9 Å². The van der Waals surface area contributed by atoms with Crippen molar-refractivity contribution < 1.29 is 0 Å². The van der Waals surface area contributed by atoms with E-state index < -0.39 is 0 Å². The number of nitrogens with zero attached hydrogens (tertiary/aromatic N) is 3. The first-order chi connectivity index (χ1) is 12.3. The first kappa shape index (κ1) is 15.6. The highest BCUT2D eigenvalue weighted by molar-refractivity contribution is 6.09. The highest BCUT2D eigenvalue weighted by Gasteiger charge is 2.17. The molecule has 0 radical (unpaired) electrons. The fourth-order valence-electron chi connectivity index (χ4n) is 3.48. The van der Waals surface area contributed by atoms with Gasteiger partial charge in [0.05, 0.1) is 5.52 Å². The average Bonchev–Trinajstić information content (AvgIpc) is 3.00. The van der Waals surface area contributed by atoms with Gasteiger partial charge in [0.25, 0.3) is 0 Å². The van der Waals surface area contributed by atoms with Gasteiger partial charge in [-0.25, -0.2) is 4.98 Å². The molecule has 0 saturated heterocycles. The predicted molar refractivity (Wildman–Crippen MR) is 104 cm³/mol. The van der Waals surface area contributed by atoms with Crippen LogP contribution in [0, 0.1) is 0 Å². The van der Waals surface area contributed by atoms with Crippen LogP contribution in [0.25, 0.3) is 21.8 Å². The number of aryl methyl sites for hydroxylation is 3. The number of hydrogen-bond acceptors (Lipinski definition) is 3. The van der Waals surface area contributed by atoms with Crippen LogP contribution in [0.2, 0.25) is 0 Å². The van der Waals surface area contributed by atoms with Crippen molar-refractivity contribution in [2.24, 2.45) is 0 Å². The van der Waals surface area contributed by atoms with Crippen molar-refractivity contribution in [2.45, 2.75) is 32.7 Å². The molecule has 0 fully saturated rings. The molecule has 0 aliphatic rings. The van der Waals surface area contributed by atoms with Crippen LogP contribution < -0.4 is 5.73 Å². The smallest absolute Gasteiger partial charge is 0.152 e. The van der Waals surface area contributed by atoms with Crippen LogP contribution >= 0.6 is 0 Å². The van der Waals surface area contributed by atoms with E-state index in [4.69, 9.17) is 10.8 Å². The number of para-hydroxylation sites is 1. The van der Waals surface area contributed by atoms with Crippen molar-refractivity contribution >= 4 is 27.6 Å². The SMILES string of the molecule is CCCn1nc2c(N)nc3ccccc3c2c1CCc1ccccc1. The molecule has 2 N–H and O–H groups in total. The standard InChI is InChI=1S/C21H22N4/c1-2-14-25-18(13-12-15-8-4-3-5-9-15)19-16-10-6-7-11-17(16)23-21(22)20(19)24-25/h3-11H,2,12-14H2,1H3,(H2,22,23). The Balaban J connectivity index is 1.88. The third-order valence-corrected chi connectivity index (χ3v) is 4.64. The minimum Gasteiger partial charge on any atom is -0.382 e. The number of anilines is 1. The van der Waals surface area contributed by atoms with E-state index in [1.807, 2.05) is 12.1 Å². The zero-order valence-electron chi connectivity index (χ0n) is 14.4. The second-order valence-corrected chi connectivity index (χ2v) is 6.39. The molecule has 4 aromatic rings. The Morgan fingerprint density at radius 2 is 1.72 bits per heavy atom. The molecule has 0 amide bonds. The average molecular weight is 330 g/mol. The van der Waals surface area contributed by atoms with Crippen LogP contribution in [0.1, 0.15) is 24.6 Å². The lowest BCUT2D eigenvalue weighted by atomic mass is 10.0. The monoisotopic (exact) mass is 330 g/mol. The van der Waals surface area contributed by atoms with Gasteiger partial charge < -0.3 is 5.73 Å². The van der Waals surface area contributed by atoms with Crippen molar-refractivity contribution in [1.82, 2.24) is 14.8 Å². The van der Waals surface area contributed by atoms with E-state index in [-0.39, 0.29) is 0 Å². The molecule has 25 heavy (non-hydrogen) atoms. The Hall–Kier alpha value is -2.88. The molecule has 126 valence electrons. The molecule has 0 saturated carbocycles. The zero-order valence-corrected chi connectivity index (χ0v) is 14.4. The van der Waals surface area contributed by atoms with E-state index in [0.717, 1.165) is 47.6 Å². The lowest BCUT2D eigenvalue weighted by Crippen LogP contribution is -2.06. The summed E-state index contributed by atoms with van der Waals surface area (Å²) in [5.74, 6) is 0.518. The molecule has 0 spiro atoms. The molecule has 2 heterocycles. The largest absolute Gasteiger partial charge is 0.382 e. The number of nitrogen functional groups attached to an aromatic ring is 1. The number of pyridine rings is 1. The van der Waals surface area contributed by atoms with Crippen LogP contribution in [0.5, 0.6) is 0 Å². The molecule has 0 aliphatic heterocycles. The van der Waals surface area contributed by atoms with Gasteiger partial charge in [0, 0.05) is 23.0 Å². The van der Waals surface area contributed by atoms with Crippen molar-refractivity contribution in [1.29, 1.82) is 0 Å². The fraction of sp³-hybridized carbons (Fsp3) is 0.238. The van der Waals surface area contributed by atoms with E-state index in [0.29, 0.717) is 5.82 Å². The summed E-state index contributed by atoms with van der Waals surface area (Å²) in [6.07, 6.45) is 2.97. The summed E-state index contributed by atoms with van der Waals surface area (Å²) < 4.78 is 2.12. The number of hydrogen-bond donors (Lipinski definition) is 1. The maximum atomic E-state index is 6.22. The van der Waals surface area contributed by atoms with Crippen molar-refractivity contribution in [2.75, 3.05) is 5.73 Å². The molecule has 4 nitrogen and oxygen atoms in total. The van der Waals surface area contributed by atoms with E-state index in [1.54, 1.807) is 0 Å². The van der Waals surface area contributed by atoms with Crippen molar-refractivity contribution in [3.8, 4) is 0 Å². The van der Waals surface area contributed by atoms with Crippen LogP contribution in [-0.4, -0.2) is 14.8 Å². The van der Waals surface area contributed by atoms with E-state index in [1.165, 1.54) is 11.3 Å². The molecular weight excluding hydrogens is 308 g/mol. The van der Waals surface area contributed by atoms with Gasteiger partial charge in [-0.2, -0.15) is 5.10 Å². The molecule has 2 aromatic heterocycles. The Labute approximate surface area is 147 Å². The minimum absolute atomic E-state index is 0.518. The quantitative estimate of drug-likeness (QED) is 0.591. The number of benzene rings is 2. The lowest BCUT2D eigenvalue weighted by molar-refractivity contribution is 0.578. The first-order valence-corrected chi connectivity index (χ1v) is 8.85. The molecule has 4 rings (SSSR count). The first-order valence-electron chi connectivity index (χ1n) is 8.85. The summed E-state index contributed by atoms with van der Waals surface area (Å²) >= 11 is 0. The molecule has 0 unspecified atom stereocenters. The molecule has 0 aliphatic carbocycles. The maximum Gasteiger partial charge on any atom is 0.152 e. The Kier molecular flexibility index (Phi) is 4.10. The summed E-state index contributed by atoms with van der Waals surface area (Å²) in [4.78, 5) is 4.54. The van der Waals surface area contributed by atoms with Gasteiger partial charge in [0.2, 0.25) is 0 Å². The van der Waals surface area contributed by atoms with Gasteiger partial charge in [-0.1, -0.05) is 55.5 Å². The maximum absolute atomic E-state index is 6.22. The van der Waals surface area contributed by atoms with E-state index in [2.05, 4.69) is 59.1 Å². The van der Waals surface area contributed by atoms with E-state index >= 15 is 0 Å². The van der Waals surface area contributed by atoms with Crippen LogP contribution in [0.15, 0.2) is 54.6 Å². The summed E-state index contributed by atoms with van der Waals surface area (Å²) in [6, 6.07) is 18.8. The minimum atomic E-state index is 0.518. The summed E-state index contributed by atoms with van der Waals surface area (Å²) in [5.41, 5.74) is 10.6. The third-order valence-electron chi connectivity index (χ3n) is 4.64. The van der Waals surface area contributed by atoms with Gasteiger partial charge in [-0.15, -0.1) is 0 Å². The molecule has 0 atom stereocenters. The summed E-state index contributed by atoms with van der Waals surface area (Å²) in [5, 5.41) is 7.09. The van der Waals surface area contributed by atoms with Crippen LogP contribution in [-0.2, 0) is 19.4 Å². The number of aromatic nitrogens is 3. The van der Waals surface area contributed by atoms with Gasteiger partial charge in [-0.3, -0.25) is 4.68 Å². The zero-order chi connectivity index (χ0) is 17.2. The molecule has 4 heteroatoms. The van der Waals surface area contributed by atoms with E-state index in [9.17, 15) is 0 Å². The normalized spacial score (nSPS) is 11.4. The Bertz CT molecular complexity index is 1020. The van der Waals surface area contributed by atoms with Crippen molar-refractivity contribution in [3.63, 3.8) is 0 Å². The second-order valence-electron chi connectivity index (χ2n) is 6.39. The highest BCUT2D eigenvalue weighted by atomic mass is 15.3. The second kappa shape index (κ2) is 6.55. The topological polar surface area (TPSA) is 56.7 Å². The van der Waals surface area contributed by atoms with Gasteiger partial charge in [0.1, 0.15) is 5.52 Å². The third kappa shape index (κ3) is 2.84. The van der Waals surface area contributed by atoms with Gasteiger partial charge >= 0.3 is 0 Å². The highest BCUT2D eigenvalue weighted by Crippen LogP contribution is 2.31. The number of rotatable bonds is 5. The summed E-state index contributed by atoms with van der Waals surface area (Å²) in [7, 11) is 0. The van der Waals surface area contributed by atoms with Crippen LogP contribution in [0.4, 0.5) is 5.82 Å². The summed E-state index contributed by atoms with van der Waals surface area (Å²) in [6.45, 7) is 3.07. The Morgan fingerprint density at radius 1 is 0.960 bits per heavy atom. The lowest BCUT2D eigenvalue weighted by Gasteiger charge is -2.08. The molecule has 0 bridgehead atoms. The number of nitrogens with two attached hydrogens (primary N) is 1. The number of fused-ring (bicyclic) bond motifs is 3. The molecule has 2 aromatic carbocycles. The predicted octanol–water partition coefficient (Wildman–Crippen LogP) is 4.36. The Morgan fingerprint density at radius 3 is 2.52 bits per heavy atom. The van der Waals surface area contributed by atoms with Crippen LogP contribution in [0.3, 0.4) is 0 Å². The molecular formula is C21H22N4. The van der Waals surface area contributed by atoms with Gasteiger partial charge in [0.15, 0.2) is 5.82 Å². The fourth-order valence-corrected chi connectivity index (χ4v) is 3.48. The van der Waals surface area contributed by atoms with Gasteiger partial charge in [-0.05, 0) is 30.9 Å².